The first-order valence-electron chi connectivity index (χ1n) is 7.81. The molecule has 20 heavy (non-hydrogen) atoms. The SMILES string of the molecule is CCC1CN(C)CCCN1CC1(C(=O)O)CCOCC1. The van der Waals surface area contributed by atoms with Crippen molar-refractivity contribution in [1.29, 1.82) is 0 Å². The molecule has 2 aliphatic rings. The van der Waals surface area contributed by atoms with Crippen molar-refractivity contribution in [3.63, 3.8) is 0 Å². The summed E-state index contributed by atoms with van der Waals surface area (Å²) < 4.78 is 5.37. The lowest BCUT2D eigenvalue weighted by atomic mass is 9.79. The Balaban J connectivity index is 2.09. The summed E-state index contributed by atoms with van der Waals surface area (Å²) in [5.41, 5.74) is -0.603. The second-order valence-electron chi connectivity index (χ2n) is 6.35. The summed E-state index contributed by atoms with van der Waals surface area (Å²) in [5.74, 6) is -0.645. The number of hydrogen-bond donors (Lipinski definition) is 1. The summed E-state index contributed by atoms with van der Waals surface area (Å²) in [6.07, 6.45) is 3.49. The normalized spacial score (nSPS) is 29.0. The Kier molecular flexibility index (Phi) is 5.41. The van der Waals surface area contributed by atoms with E-state index in [1.165, 1.54) is 0 Å². The van der Waals surface area contributed by atoms with Crippen molar-refractivity contribution >= 4 is 5.97 Å². The predicted molar refractivity (Wildman–Crippen MR) is 77.9 cm³/mol. The predicted octanol–water partition coefficient (Wildman–Crippen LogP) is 1.28. The van der Waals surface area contributed by atoms with Crippen LogP contribution in [0.1, 0.15) is 32.6 Å². The van der Waals surface area contributed by atoms with Crippen molar-refractivity contribution in [1.82, 2.24) is 9.80 Å². The Labute approximate surface area is 121 Å². The highest BCUT2D eigenvalue weighted by Gasteiger charge is 2.42. The van der Waals surface area contributed by atoms with Crippen LogP contribution in [0, 0.1) is 5.41 Å². The molecular formula is C15H28N2O3. The molecule has 2 heterocycles. The van der Waals surface area contributed by atoms with E-state index in [-0.39, 0.29) is 0 Å². The van der Waals surface area contributed by atoms with Crippen molar-refractivity contribution in [2.24, 2.45) is 5.41 Å². The van der Waals surface area contributed by atoms with Gasteiger partial charge in [-0.1, -0.05) is 6.92 Å². The molecule has 0 bridgehead atoms. The molecule has 1 atom stereocenters. The first kappa shape index (κ1) is 15.7. The highest BCUT2D eigenvalue weighted by atomic mass is 16.5. The van der Waals surface area contributed by atoms with Gasteiger partial charge in [-0.15, -0.1) is 0 Å². The van der Waals surface area contributed by atoms with Crippen LogP contribution in [0.25, 0.3) is 0 Å². The van der Waals surface area contributed by atoms with E-state index in [0.29, 0.717) is 38.6 Å². The molecule has 0 aromatic rings. The maximum atomic E-state index is 11.8. The molecule has 2 rings (SSSR count). The largest absolute Gasteiger partial charge is 0.481 e. The lowest BCUT2D eigenvalue weighted by Crippen LogP contribution is -2.50. The molecule has 1 unspecified atom stereocenters. The number of nitrogens with zero attached hydrogens (tertiary/aromatic N) is 2. The zero-order valence-corrected chi connectivity index (χ0v) is 12.8. The van der Waals surface area contributed by atoms with Gasteiger partial charge in [0.25, 0.3) is 0 Å². The number of ether oxygens (including phenoxy) is 1. The zero-order valence-electron chi connectivity index (χ0n) is 12.8. The summed E-state index contributed by atoms with van der Waals surface area (Å²) in [6, 6.07) is 0.474. The van der Waals surface area contributed by atoms with E-state index >= 15 is 0 Å². The summed E-state index contributed by atoms with van der Waals surface area (Å²) in [6.45, 7) is 7.21. The van der Waals surface area contributed by atoms with Crippen LogP contribution in [-0.4, -0.2) is 73.4 Å². The van der Waals surface area contributed by atoms with Crippen molar-refractivity contribution in [3.05, 3.63) is 0 Å². The molecule has 2 fully saturated rings. The lowest BCUT2D eigenvalue weighted by Gasteiger charge is -2.40. The van der Waals surface area contributed by atoms with Gasteiger partial charge in [-0.3, -0.25) is 9.69 Å². The van der Waals surface area contributed by atoms with Crippen LogP contribution in [0.5, 0.6) is 0 Å². The third-order valence-electron chi connectivity index (χ3n) is 4.90. The van der Waals surface area contributed by atoms with E-state index < -0.39 is 11.4 Å². The molecule has 116 valence electrons. The van der Waals surface area contributed by atoms with Gasteiger partial charge in [0.2, 0.25) is 0 Å². The van der Waals surface area contributed by atoms with E-state index in [9.17, 15) is 9.90 Å². The van der Waals surface area contributed by atoms with Crippen molar-refractivity contribution in [2.75, 3.05) is 46.4 Å². The average Bonchev–Trinajstić information content (AvgIpc) is 2.61. The Morgan fingerprint density at radius 1 is 1.35 bits per heavy atom. The van der Waals surface area contributed by atoms with Crippen LogP contribution in [-0.2, 0) is 9.53 Å². The van der Waals surface area contributed by atoms with Gasteiger partial charge in [-0.05, 0) is 45.8 Å². The topological polar surface area (TPSA) is 53.0 Å². The van der Waals surface area contributed by atoms with Crippen LogP contribution in [0.15, 0.2) is 0 Å². The van der Waals surface area contributed by atoms with Gasteiger partial charge in [0.1, 0.15) is 0 Å². The van der Waals surface area contributed by atoms with Gasteiger partial charge in [0.05, 0.1) is 5.41 Å². The van der Waals surface area contributed by atoms with Crippen molar-refractivity contribution in [3.8, 4) is 0 Å². The molecule has 2 saturated heterocycles. The van der Waals surface area contributed by atoms with Gasteiger partial charge in [0.15, 0.2) is 0 Å². The molecule has 2 aliphatic heterocycles. The summed E-state index contributed by atoms with van der Waals surface area (Å²) >= 11 is 0. The van der Waals surface area contributed by atoms with Gasteiger partial charge in [-0.25, -0.2) is 0 Å². The number of carbonyl (C=O) groups is 1. The van der Waals surface area contributed by atoms with Crippen LogP contribution in [0.4, 0.5) is 0 Å². The third kappa shape index (κ3) is 3.51. The van der Waals surface area contributed by atoms with Crippen LogP contribution >= 0.6 is 0 Å². The van der Waals surface area contributed by atoms with Crippen LogP contribution < -0.4 is 0 Å². The van der Waals surface area contributed by atoms with E-state index in [2.05, 4.69) is 23.8 Å². The van der Waals surface area contributed by atoms with E-state index in [4.69, 9.17) is 4.74 Å². The lowest BCUT2D eigenvalue weighted by molar-refractivity contribution is -0.157. The zero-order chi connectivity index (χ0) is 14.6. The van der Waals surface area contributed by atoms with Gasteiger partial charge in [-0.2, -0.15) is 0 Å². The number of rotatable bonds is 4. The quantitative estimate of drug-likeness (QED) is 0.843. The van der Waals surface area contributed by atoms with Crippen molar-refractivity contribution in [2.45, 2.75) is 38.6 Å². The Morgan fingerprint density at radius 2 is 2.05 bits per heavy atom. The molecule has 0 spiro atoms. The second-order valence-corrected chi connectivity index (χ2v) is 6.35. The molecule has 1 N–H and O–H groups in total. The number of likely N-dealkylation sites (N-methyl/N-ethyl adjacent to an activating group) is 1. The number of aliphatic carboxylic acids is 1. The highest BCUT2D eigenvalue weighted by Crippen LogP contribution is 2.33. The first-order valence-corrected chi connectivity index (χ1v) is 7.81. The molecule has 0 aromatic heterocycles. The summed E-state index contributed by atoms with van der Waals surface area (Å²) in [7, 11) is 2.16. The fraction of sp³-hybridized carbons (Fsp3) is 0.933. The molecule has 5 heteroatoms. The minimum absolute atomic E-state index is 0.474. The average molecular weight is 284 g/mol. The molecule has 0 aromatic carbocycles. The Morgan fingerprint density at radius 3 is 2.65 bits per heavy atom. The minimum atomic E-state index is -0.645. The molecule has 0 radical (unpaired) electrons. The maximum absolute atomic E-state index is 11.8. The third-order valence-corrected chi connectivity index (χ3v) is 4.90. The Bertz CT molecular complexity index is 329. The van der Waals surface area contributed by atoms with E-state index in [0.717, 1.165) is 32.5 Å². The van der Waals surface area contributed by atoms with Gasteiger partial charge >= 0.3 is 5.97 Å². The fourth-order valence-electron chi connectivity index (χ4n) is 3.48. The monoisotopic (exact) mass is 284 g/mol. The summed E-state index contributed by atoms with van der Waals surface area (Å²) in [5, 5.41) is 9.71. The number of hydrogen-bond acceptors (Lipinski definition) is 4. The minimum Gasteiger partial charge on any atom is -0.481 e. The molecule has 0 amide bonds. The number of carboxylic acids is 1. The van der Waals surface area contributed by atoms with Gasteiger partial charge in [0, 0.05) is 32.3 Å². The highest BCUT2D eigenvalue weighted by molar-refractivity contribution is 5.75. The van der Waals surface area contributed by atoms with E-state index in [1.54, 1.807) is 0 Å². The van der Waals surface area contributed by atoms with Crippen molar-refractivity contribution < 1.29 is 14.6 Å². The molecular weight excluding hydrogens is 256 g/mol. The Hall–Kier alpha value is -0.650. The first-order chi connectivity index (χ1) is 9.57. The molecule has 5 nitrogen and oxygen atoms in total. The fourth-order valence-corrected chi connectivity index (χ4v) is 3.48. The molecule has 0 aliphatic carbocycles. The second kappa shape index (κ2) is 6.87. The van der Waals surface area contributed by atoms with Gasteiger partial charge < -0.3 is 14.7 Å². The van der Waals surface area contributed by atoms with Crippen LogP contribution in [0.3, 0.4) is 0 Å². The number of carboxylic acid groups (broad SMARTS) is 1. The molecule has 0 saturated carbocycles. The summed E-state index contributed by atoms with van der Waals surface area (Å²) in [4.78, 5) is 16.6. The van der Waals surface area contributed by atoms with E-state index in [1.807, 2.05) is 0 Å². The maximum Gasteiger partial charge on any atom is 0.311 e. The standard InChI is InChI=1S/C15H28N2O3/c1-3-13-11-16(2)7-4-8-17(13)12-15(14(18)19)5-9-20-10-6-15/h13H,3-12H2,1-2H3,(H,18,19). The van der Waals surface area contributed by atoms with Crippen LogP contribution in [0.2, 0.25) is 0 Å². The smallest absolute Gasteiger partial charge is 0.311 e.